The third-order valence-corrected chi connectivity index (χ3v) is 12.5. The number of Topliss-reactive ketones (excluding diaryl/α,β-unsaturated/α-hetero) is 1. The third kappa shape index (κ3) is 3.01. The van der Waals surface area contributed by atoms with Gasteiger partial charge < -0.3 is 9.84 Å². The summed E-state index contributed by atoms with van der Waals surface area (Å²) in [5.41, 5.74) is 1.61. The average molecular weight is 483 g/mol. The van der Waals surface area contributed by atoms with Crippen LogP contribution >= 0.6 is 0 Å². The van der Waals surface area contributed by atoms with Crippen LogP contribution in [0.1, 0.15) is 99.8 Å². The normalized spacial score (nSPS) is 50.5. The molecule has 0 aromatic heterocycles. The molecule has 0 amide bonds. The fourth-order valence-corrected chi connectivity index (χ4v) is 9.95. The fourth-order valence-electron chi connectivity index (χ4n) is 9.95. The molecule has 0 aromatic rings. The molecule has 0 aromatic carbocycles. The van der Waals surface area contributed by atoms with E-state index in [9.17, 15) is 14.7 Å². The van der Waals surface area contributed by atoms with Gasteiger partial charge in [-0.3, -0.25) is 9.59 Å². The summed E-state index contributed by atoms with van der Waals surface area (Å²) in [5, 5.41) is 10.9. The minimum absolute atomic E-state index is 0.0862. The number of aliphatic hydroxyl groups is 1. The zero-order valence-corrected chi connectivity index (χ0v) is 23.2. The van der Waals surface area contributed by atoms with Crippen LogP contribution < -0.4 is 0 Å². The fraction of sp³-hybridized carbons (Fsp3) is 0.806. The molecule has 4 saturated carbocycles. The Hall–Kier alpha value is -1.42. The van der Waals surface area contributed by atoms with E-state index in [-0.39, 0.29) is 33.5 Å². The molecule has 0 saturated heterocycles. The van der Waals surface area contributed by atoms with E-state index >= 15 is 0 Å². The van der Waals surface area contributed by atoms with E-state index in [1.807, 2.05) is 0 Å². The number of carbonyl (C=O) groups is 2. The average Bonchev–Trinajstić information content (AvgIpc) is 2.77. The van der Waals surface area contributed by atoms with Crippen LogP contribution in [0, 0.1) is 44.3 Å². The van der Waals surface area contributed by atoms with Crippen molar-refractivity contribution < 1.29 is 19.4 Å². The van der Waals surface area contributed by atoms with Gasteiger partial charge in [0.15, 0.2) is 0 Å². The molecule has 1 N–H and O–H groups in total. The van der Waals surface area contributed by atoms with Gasteiger partial charge in [0.1, 0.15) is 5.78 Å². The second-order valence-electron chi connectivity index (χ2n) is 14.7. The van der Waals surface area contributed by atoms with Gasteiger partial charge in [-0.2, -0.15) is 0 Å². The highest BCUT2D eigenvalue weighted by Gasteiger charge is 2.68. The molecule has 0 aliphatic heterocycles. The van der Waals surface area contributed by atoms with Crippen molar-refractivity contribution in [2.75, 3.05) is 7.11 Å². The molecule has 5 rings (SSSR count). The topological polar surface area (TPSA) is 63.6 Å². The van der Waals surface area contributed by atoms with Crippen molar-refractivity contribution in [1.29, 1.82) is 0 Å². The van der Waals surface area contributed by atoms with Crippen molar-refractivity contribution >= 4 is 11.8 Å². The highest BCUT2D eigenvalue weighted by atomic mass is 16.5. The first-order valence-corrected chi connectivity index (χ1v) is 13.8. The number of carbonyl (C=O) groups excluding carboxylic acids is 2. The monoisotopic (exact) mass is 482 g/mol. The molecular weight excluding hydrogens is 436 g/mol. The van der Waals surface area contributed by atoms with Crippen LogP contribution in [0.25, 0.3) is 0 Å². The molecule has 4 fully saturated rings. The van der Waals surface area contributed by atoms with Crippen molar-refractivity contribution in [2.24, 2.45) is 44.3 Å². The lowest BCUT2D eigenvalue weighted by Gasteiger charge is -2.67. The second kappa shape index (κ2) is 7.33. The lowest BCUT2D eigenvalue weighted by molar-refractivity contribution is -0.162. The summed E-state index contributed by atoms with van der Waals surface area (Å²) in [6, 6.07) is 0. The summed E-state index contributed by atoms with van der Waals surface area (Å²) in [5.74, 6) is 0.411. The lowest BCUT2D eigenvalue weighted by Crippen LogP contribution is -2.63. The van der Waals surface area contributed by atoms with Crippen molar-refractivity contribution in [2.45, 2.75) is 106 Å². The van der Waals surface area contributed by atoms with Crippen LogP contribution in [0.3, 0.4) is 0 Å². The SMILES string of the molecule is COC(=O)C1(C)CCC2(C)CCC3(C)C(=CC=C4C5(C)CCC(O)C(C)(C)C5C(=O)CC43C)C2C1. The first-order valence-electron chi connectivity index (χ1n) is 13.8. The standard InChI is InChI=1S/C31H46O4/c1-26(2)23(33)11-12-29(5)22-10-9-19-20-17-28(4,25(34)35-8)14-13-27(20,3)15-16-30(19,6)31(22,7)18-21(32)24(26)29/h9-10,20,23-24,33H,11-18H2,1-8H3. The molecule has 8 atom stereocenters. The lowest BCUT2D eigenvalue weighted by atomic mass is 9.36. The predicted molar refractivity (Wildman–Crippen MR) is 137 cm³/mol. The van der Waals surface area contributed by atoms with E-state index in [1.54, 1.807) is 0 Å². The zero-order valence-electron chi connectivity index (χ0n) is 23.2. The van der Waals surface area contributed by atoms with Gasteiger partial charge in [-0.1, -0.05) is 64.8 Å². The maximum absolute atomic E-state index is 14.0. The Bertz CT molecular complexity index is 1040. The first-order chi connectivity index (χ1) is 16.1. The van der Waals surface area contributed by atoms with Gasteiger partial charge in [0.25, 0.3) is 0 Å². The Morgan fingerprint density at radius 3 is 2.26 bits per heavy atom. The molecule has 0 spiro atoms. The number of hydrogen-bond donors (Lipinski definition) is 1. The molecule has 194 valence electrons. The Kier molecular flexibility index (Phi) is 5.29. The number of methoxy groups -OCH3 is 1. The van der Waals surface area contributed by atoms with E-state index in [4.69, 9.17) is 4.74 Å². The second-order valence-corrected chi connectivity index (χ2v) is 14.7. The van der Waals surface area contributed by atoms with Crippen molar-refractivity contribution in [3.8, 4) is 0 Å². The Morgan fingerprint density at radius 2 is 1.60 bits per heavy atom. The number of aliphatic hydroxyl groups excluding tert-OH is 1. The summed E-state index contributed by atoms with van der Waals surface area (Å²) >= 11 is 0. The Balaban J connectivity index is 1.64. The summed E-state index contributed by atoms with van der Waals surface area (Å²) in [7, 11) is 1.51. The number of hydrogen-bond acceptors (Lipinski definition) is 4. The maximum Gasteiger partial charge on any atom is 0.311 e. The van der Waals surface area contributed by atoms with Gasteiger partial charge >= 0.3 is 5.97 Å². The van der Waals surface area contributed by atoms with Gasteiger partial charge in [-0.25, -0.2) is 0 Å². The van der Waals surface area contributed by atoms with Crippen molar-refractivity contribution in [3.05, 3.63) is 23.3 Å². The van der Waals surface area contributed by atoms with Gasteiger partial charge in [0.05, 0.1) is 18.6 Å². The van der Waals surface area contributed by atoms with Gasteiger partial charge in [0.2, 0.25) is 0 Å². The molecule has 4 nitrogen and oxygen atoms in total. The van der Waals surface area contributed by atoms with Crippen LogP contribution in [-0.4, -0.2) is 30.1 Å². The highest BCUT2D eigenvalue weighted by Crippen LogP contribution is 2.73. The van der Waals surface area contributed by atoms with Crippen molar-refractivity contribution in [3.63, 3.8) is 0 Å². The summed E-state index contributed by atoms with van der Waals surface area (Å²) < 4.78 is 5.25. The predicted octanol–water partition coefficient (Wildman–Crippen LogP) is 6.42. The Morgan fingerprint density at radius 1 is 0.943 bits per heavy atom. The van der Waals surface area contributed by atoms with Crippen LogP contribution in [-0.2, 0) is 14.3 Å². The summed E-state index contributed by atoms with van der Waals surface area (Å²) in [6.07, 6.45) is 11.4. The van der Waals surface area contributed by atoms with Crippen LogP contribution in [0.15, 0.2) is 23.3 Å². The van der Waals surface area contributed by atoms with Gasteiger partial charge in [0, 0.05) is 23.2 Å². The van der Waals surface area contributed by atoms with E-state index < -0.39 is 16.9 Å². The molecule has 8 unspecified atom stereocenters. The van der Waals surface area contributed by atoms with Crippen LogP contribution in [0.2, 0.25) is 0 Å². The summed E-state index contributed by atoms with van der Waals surface area (Å²) in [6.45, 7) is 15.8. The smallest absolute Gasteiger partial charge is 0.311 e. The number of rotatable bonds is 1. The zero-order chi connectivity index (χ0) is 25.8. The Labute approximate surface area is 212 Å². The van der Waals surface area contributed by atoms with Crippen LogP contribution in [0.4, 0.5) is 0 Å². The van der Waals surface area contributed by atoms with E-state index in [0.29, 0.717) is 18.1 Å². The molecule has 5 aliphatic carbocycles. The number of fused-ring (bicyclic) bond motifs is 7. The molecule has 5 aliphatic rings. The molecular formula is C31H46O4. The summed E-state index contributed by atoms with van der Waals surface area (Å²) in [4.78, 5) is 26.8. The largest absolute Gasteiger partial charge is 0.469 e. The minimum Gasteiger partial charge on any atom is -0.469 e. The van der Waals surface area contributed by atoms with E-state index in [2.05, 4.69) is 60.6 Å². The van der Waals surface area contributed by atoms with E-state index in [1.165, 1.54) is 18.3 Å². The van der Waals surface area contributed by atoms with Crippen molar-refractivity contribution in [1.82, 2.24) is 0 Å². The molecule has 0 radical (unpaired) electrons. The van der Waals surface area contributed by atoms with Crippen LogP contribution in [0.5, 0.6) is 0 Å². The van der Waals surface area contributed by atoms with Gasteiger partial charge in [-0.05, 0) is 74.0 Å². The quantitative estimate of drug-likeness (QED) is 0.438. The number of esters is 1. The maximum atomic E-state index is 14.0. The van der Waals surface area contributed by atoms with E-state index in [0.717, 1.165) is 44.9 Å². The molecule has 0 bridgehead atoms. The van der Waals surface area contributed by atoms with Gasteiger partial charge in [-0.15, -0.1) is 0 Å². The minimum atomic E-state index is -0.452. The number of ketones is 1. The number of ether oxygens (including phenoxy) is 1. The highest BCUT2D eigenvalue weighted by molar-refractivity contribution is 5.87. The molecule has 4 heteroatoms. The molecule has 0 heterocycles. The third-order valence-electron chi connectivity index (χ3n) is 12.5. The first kappa shape index (κ1) is 25.2. The number of allylic oxidation sites excluding steroid dienone is 4. The molecule has 35 heavy (non-hydrogen) atoms.